The summed E-state index contributed by atoms with van der Waals surface area (Å²) in [5.74, 6) is 3.60. The van der Waals surface area contributed by atoms with Crippen LogP contribution in [0.4, 0.5) is 0 Å². The summed E-state index contributed by atoms with van der Waals surface area (Å²) in [4.78, 5) is 0. The Morgan fingerprint density at radius 2 is 1.48 bits per heavy atom. The predicted molar refractivity (Wildman–Crippen MR) is 162 cm³/mol. The van der Waals surface area contributed by atoms with E-state index in [-0.39, 0.29) is 18.1 Å². The van der Waals surface area contributed by atoms with E-state index in [0.717, 1.165) is 77.6 Å². The SMILES string of the molecule is CC(CCCO)[C@H]1CC[C@H]2C3[C@H](OCCCN)C[C@@H]4C[C@H](OCCCN)CC[C@]4(C)[C@H]3C[C@H](OCCCN)[C@]12C. The van der Waals surface area contributed by atoms with Crippen LogP contribution in [-0.2, 0) is 14.2 Å². The topological polar surface area (TPSA) is 126 Å². The van der Waals surface area contributed by atoms with Crippen LogP contribution in [0.3, 0.4) is 0 Å². The molecule has 0 aromatic rings. The maximum Gasteiger partial charge on any atom is 0.0637 e. The minimum Gasteiger partial charge on any atom is -0.396 e. The molecule has 234 valence electrons. The molecule has 7 heteroatoms. The van der Waals surface area contributed by atoms with Gasteiger partial charge in [0.1, 0.15) is 0 Å². The average Bonchev–Trinajstić information content (AvgIpc) is 3.31. The highest BCUT2D eigenvalue weighted by atomic mass is 16.5. The lowest BCUT2D eigenvalue weighted by atomic mass is 9.43. The Bertz CT molecular complexity index is 757. The number of fused-ring (bicyclic) bond motifs is 5. The molecule has 11 atom stereocenters. The second kappa shape index (κ2) is 14.9. The van der Waals surface area contributed by atoms with Gasteiger partial charge in [-0.25, -0.2) is 0 Å². The van der Waals surface area contributed by atoms with Crippen LogP contribution in [-0.4, -0.2) is 69.5 Å². The molecule has 0 aliphatic heterocycles. The van der Waals surface area contributed by atoms with Crippen molar-refractivity contribution in [3.8, 4) is 0 Å². The number of ether oxygens (including phenoxy) is 3. The van der Waals surface area contributed by atoms with Crippen LogP contribution in [0.15, 0.2) is 0 Å². The van der Waals surface area contributed by atoms with Gasteiger partial charge in [-0.1, -0.05) is 20.8 Å². The van der Waals surface area contributed by atoms with Gasteiger partial charge >= 0.3 is 0 Å². The molecule has 7 N–H and O–H groups in total. The summed E-state index contributed by atoms with van der Waals surface area (Å²) in [5.41, 5.74) is 18.0. The van der Waals surface area contributed by atoms with E-state index in [4.69, 9.17) is 31.4 Å². The van der Waals surface area contributed by atoms with Crippen LogP contribution in [0.5, 0.6) is 0 Å². The van der Waals surface area contributed by atoms with E-state index in [0.29, 0.717) is 72.8 Å². The molecule has 0 aromatic carbocycles. The predicted octanol–water partition coefficient (Wildman–Crippen LogP) is 4.48. The molecule has 40 heavy (non-hydrogen) atoms. The van der Waals surface area contributed by atoms with E-state index in [2.05, 4.69) is 20.8 Å². The van der Waals surface area contributed by atoms with Crippen LogP contribution < -0.4 is 17.2 Å². The van der Waals surface area contributed by atoms with Gasteiger partial charge in [0, 0.05) is 31.8 Å². The molecule has 4 aliphatic carbocycles. The van der Waals surface area contributed by atoms with Gasteiger partial charge in [0.25, 0.3) is 0 Å². The quantitative estimate of drug-likeness (QED) is 0.203. The molecule has 0 amide bonds. The molecule has 7 nitrogen and oxygen atoms in total. The third-order valence-electron chi connectivity index (χ3n) is 12.3. The second-order valence-corrected chi connectivity index (χ2v) is 14.3. The van der Waals surface area contributed by atoms with Gasteiger partial charge in [-0.2, -0.15) is 0 Å². The lowest BCUT2D eigenvalue weighted by molar-refractivity contribution is -0.227. The number of rotatable bonds is 16. The first-order valence-electron chi connectivity index (χ1n) is 16.9. The van der Waals surface area contributed by atoms with Crippen molar-refractivity contribution in [1.29, 1.82) is 0 Å². The molecule has 4 aliphatic rings. The molecule has 4 fully saturated rings. The summed E-state index contributed by atoms with van der Waals surface area (Å²) in [6.45, 7) is 12.2. The summed E-state index contributed by atoms with van der Waals surface area (Å²) in [5, 5.41) is 9.58. The summed E-state index contributed by atoms with van der Waals surface area (Å²) in [7, 11) is 0. The van der Waals surface area contributed by atoms with E-state index >= 15 is 0 Å². The molecule has 2 unspecified atom stereocenters. The second-order valence-electron chi connectivity index (χ2n) is 14.3. The molecule has 0 heterocycles. The first-order chi connectivity index (χ1) is 19.3. The molecule has 0 aromatic heterocycles. The van der Waals surface area contributed by atoms with Crippen molar-refractivity contribution in [3.63, 3.8) is 0 Å². The van der Waals surface area contributed by atoms with Crippen molar-refractivity contribution in [2.45, 2.75) is 116 Å². The number of aliphatic hydroxyl groups is 1. The van der Waals surface area contributed by atoms with Gasteiger partial charge in [-0.05, 0) is 138 Å². The number of hydrogen-bond donors (Lipinski definition) is 4. The van der Waals surface area contributed by atoms with E-state index in [1.165, 1.54) is 19.3 Å². The third kappa shape index (κ3) is 6.61. The minimum atomic E-state index is 0.131. The van der Waals surface area contributed by atoms with Crippen LogP contribution in [0.1, 0.15) is 97.8 Å². The Morgan fingerprint density at radius 3 is 2.15 bits per heavy atom. The zero-order chi connectivity index (χ0) is 28.8. The third-order valence-corrected chi connectivity index (χ3v) is 12.3. The highest BCUT2D eigenvalue weighted by Gasteiger charge is 2.66. The molecule has 0 radical (unpaired) electrons. The molecule has 0 spiro atoms. The molecule has 4 rings (SSSR count). The van der Waals surface area contributed by atoms with Gasteiger partial charge in [-0.15, -0.1) is 0 Å². The van der Waals surface area contributed by atoms with Crippen molar-refractivity contribution >= 4 is 0 Å². The smallest absolute Gasteiger partial charge is 0.0637 e. The number of nitrogens with two attached hydrogens (primary N) is 3. The molecule has 4 saturated carbocycles. The lowest BCUT2D eigenvalue weighted by Crippen LogP contribution is -2.63. The lowest BCUT2D eigenvalue weighted by Gasteiger charge is -2.65. The van der Waals surface area contributed by atoms with Crippen LogP contribution in [0, 0.1) is 46.3 Å². The average molecular weight is 566 g/mol. The molecular weight excluding hydrogens is 502 g/mol. The fourth-order valence-electron chi connectivity index (χ4n) is 10.2. The van der Waals surface area contributed by atoms with Crippen LogP contribution in [0.2, 0.25) is 0 Å². The monoisotopic (exact) mass is 565 g/mol. The van der Waals surface area contributed by atoms with Crippen LogP contribution in [0.25, 0.3) is 0 Å². The zero-order valence-electron chi connectivity index (χ0n) is 26.0. The Labute approximate surface area is 245 Å². The van der Waals surface area contributed by atoms with Crippen LogP contribution >= 0.6 is 0 Å². The first kappa shape index (κ1) is 32.6. The van der Waals surface area contributed by atoms with Crippen molar-refractivity contribution in [2.75, 3.05) is 46.1 Å². The fraction of sp³-hybridized carbons (Fsp3) is 1.00. The summed E-state index contributed by atoms with van der Waals surface area (Å²) in [6.07, 6.45) is 14.0. The number of hydrogen-bond acceptors (Lipinski definition) is 7. The molecule has 0 bridgehead atoms. The Balaban J connectivity index is 1.64. The summed E-state index contributed by atoms with van der Waals surface area (Å²) in [6, 6.07) is 0. The Morgan fingerprint density at radius 1 is 0.800 bits per heavy atom. The minimum absolute atomic E-state index is 0.131. The van der Waals surface area contributed by atoms with Crippen molar-refractivity contribution in [2.24, 2.45) is 63.5 Å². The zero-order valence-corrected chi connectivity index (χ0v) is 26.0. The summed E-state index contributed by atoms with van der Waals surface area (Å²) >= 11 is 0. The highest BCUT2D eigenvalue weighted by molar-refractivity contribution is 5.15. The molecule has 0 saturated heterocycles. The van der Waals surface area contributed by atoms with E-state index in [9.17, 15) is 5.11 Å². The van der Waals surface area contributed by atoms with Gasteiger partial charge in [0.15, 0.2) is 0 Å². The van der Waals surface area contributed by atoms with Crippen molar-refractivity contribution in [3.05, 3.63) is 0 Å². The normalized spacial score (nSPS) is 41.8. The van der Waals surface area contributed by atoms with Gasteiger partial charge in [-0.3, -0.25) is 0 Å². The fourth-order valence-corrected chi connectivity index (χ4v) is 10.2. The standard InChI is InChI=1S/C33H63N3O4/c1-23(8-4-16-37)26-9-10-27-31-28(22-30(33(26,27)3)40-19-7-15-36)32(2)12-11-25(38-17-5-13-34)20-24(32)21-29(31)39-18-6-14-35/h23-31,37H,4-22,34-36H2,1-3H3/t23?,24-,25+,26+,27-,28-,29+,30-,31?,32-,33+/m0/s1. The van der Waals surface area contributed by atoms with E-state index < -0.39 is 0 Å². The Hall–Kier alpha value is -0.280. The van der Waals surface area contributed by atoms with Gasteiger partial charge in [0.05, 0.1) is 18.3 Å². The van der Waals surface area contributed by atoms with Crippen molar-refractivity contribution in [1.82, 2.24) is 0 Å². The van der Waals surface area contributed by atoms with E-state index in [1.807, 2.05) is 0 Å². The summed E-state index contributed by atoms with van der Waals surface area (Å²) < 4.78 is 20.1. The Kier molecular flexibility index (Phi) is 12.2. The van der Waals surface area contributed by atoms with Gasteiger partial charge in [0.2, 0.25) is 0 Å². The van der Waals surface area contributed by atoms with Crippen molar-refractivity contribution < 1.29 is 19.3 Å². The number of aliphatic hydroxyl groups excluding tert-OH is 1. The largest absolute Gasteiger partial charge is 0.396 e. The first-order valence-corrected chi connectivity index (χ1v) is 16.9. The highest BCUT2D eigenvalue weighted by Crippen LogP contribution is 2.69. The maximum absolute atomic E-state index is 9.58. The maximum atomic E-state index is 9.58. The molecular formula is C33H63N3O4. The van der Waals surface area contributed by atoms with Gasteiger partial charge < -0.3 is 36.5 Å². The van der Waals surface area contributed by atoms with E-state index in [1.54, 1.807) is 0 Å².